The second-order valence-corrected chi connectivity index (χ2v) is 5.24. The molecular weight excluding hydrogens is 254 g/mol. The average Bonchev–Trinajstić information content (AvgIpc) is 3.21. The molecule has 1 aliphatic rings. The van der Waals surface area contributed by atoms with E-state index in [-0.39, 0.29) is 0 Å². The van der Waals surface area contributed by atoms with Gasteiger partial charge in [0.05, 0.1) is 18.2 Å². The summed E-state index contributed by atoms with van der Waals surface area (Å²) >= 11 is 0. The van der Waals surface area contributed by atoms with E-state index in [1.165, 1.54) is 12.8 Å². The van der Waals surface area contributed by atoms with Gasteiger partial charge in [-0.2, -0.15) is 4.98 Å². The molecule has 1 unspecified atom stereocenters. The Morgan fingerprint density at radius 2 is 2.20 bits per heavy atom. The molecule has 0 amide bonds. The normalized spacial score (nSPS) is 16.1. The zero-order chi connectivity index (χ0) is 13.9. The van der Waals surface area contributed by atoms with Crippen LogP contribution in [0.2, 0.25) is 0 Å². The molecule has 1 aliphatic carbocycles. The third-order valence-corrected chi connectivity index (χ3v) is 3.56. The number of ether oxygens (including phenoxy) is 1. The zero-order valence-corrected chi connectivity index (χ0v) is 11.8. The highest BCUT2D eigenvalue weighted by Crippen LogP contribution is 2.36. The number of para-hydroxylation sites is 1. The number of hydrogen-bond acceptors (Lipinski definition) is 5. The first-order valence-corrected chi connectivity index (χ1v) is 6.93. The number of nitrogens with one attached hydrogen (secondary N) is 1. The summed E-state index contributed by atoms with van der Waals surface area (Å²) in [5.41, 5.74) is 1.96. The van der Waals surface area contributed by atoms with Gasteiger partial charge >= 0.3 is 0 Å². The van der Waals surface area contributed by atoms with Crippen molar-refractivity contribution in [1.82, 2.24) is 10.1 Å². The summed E-state index contributed by atoms with van der Waals surface area (Å²) in [6.45, 7) is 2.53. The van der Waals surface area contributed by atoms with Gasteiger partial charge in [-0.05, 0) is 37.8 Å². The van der Waals surface area contributed by atoms with E-state index in [0.29, 0.717) is 30.3 Å². The van der Waals surface area contributed by atoms with Crippen molar-refractivity contribution < 1.29 is 9.26 Å². The molecule has 1 fully saturated rings. The molecule has 1 atom stereocenters. The minimum atomic E-state index is 0.338. The van der Waals surface area contributed by atoms with Gasteiger partial charge in [0.1, 0.15) is 0 Å². The zero-order valence-electron chi connectivity index (χ0n) is 11.8. The summed E-state index contributed by atoms with van der Waals surface area (Å²) in [7, 11) is 1.74. The molecule has 1 N–H and O–H groups in total. The van der Waals surface area contributed by atoms with Gasteiger partial charge in [-0.1, -0.05) is 17.3 Å². The number of anilines is 1. The number of aromatic nitrogens is 2. The number of rotatable bonds is 6. The van der Waals surface area contributed by atoms with Crippen molar-refractivity contribution in [3.8, 4) is 11.5 Å². The van der Waals surface area contributed by atoms with E-state index >= 15 is 0 Å². The smallest absolute Gasteiger partial charge is 0.260 e. The molecule has 5 nitrogen and oxygen atoms in total. The number of methoxy groups -OCH3 is 1. The predicted octanol–water partition coefficient (Wildman–Crippen LogP) is 2.88. The van der Waals surface area contributed by atoms with Crippen LogP contribution in [0.15, 0.2) is 28.8 Å². The first kappa shape index (κ1) is 13.1. The lowest BCUT2D eigenvalue weighted by Gasteiger charge is -2.20. The van der Waals surface area contributed by atoms with Gasteiger partial charge in [-0.25, -0.2) is 0 Å². The van der Waals surface area contributed by atoms with Crippen LogP contribution in [-0.4, -0.2) is 29.9 Å². The van der Waals surface area contributed by atoms with Crippen LogP contribution in [0, 0.1) is 12.8 Å². The molecule has 2 aromatic rings. The highest BCUT2D eigenvalue weighted by Gasteiger charge is 2.31. The largest absolute Gasteiger partial charge is 0.383 e. The van der Waals surface area contributed by atoms with Crippen molar-refractivity contribution in [3.63, 3.8) is 0 Å². The van der Waals surface area contributed by atoms with Gasteiger partial charge in [-0.15, -0.1) is 0 Å². The summed E-state index contributed by atoms with van der Waals surface area (Å²) in [4.78, 5) is 4.31. The van der Waals surface area contributed by atoms with Crippen LogP contribution in [-0.2, 0) is 4.74 Å². The van der Waals surface area contributed by atoms with E-state index < -0.39 is 0 Å². The Kier molecular flexibility index (Phi) is 3.69. The summed E-state index contributed by atoms with van der Waals surface area (Å²) in [6.07, 6.45) is 2.53. The van der Waals surface area contributed by atoms with Gasteiger partial charge in [0.15, 0.2) is 5.82 Å². The molecule has 0 bridgehead atoms. The molecule has 0 radical (unpaired) electrons. The molecule has 0 spiro atoms. The van der Waals surface area contributed by atoms with Crippen LogP contribution in [0.4, 0.5) is 5.69 Å². The molecule has 0 saturated heterocycles. The SMILES string of the molecule is COCC(Nc1ccccc1-c1nc(C)no1)C1CC1. The fourth-order valence-corrected chi connectivity index (χ4v) is 2.38. The van der Waals surface area contributed by atoms with Crippen molar-refractivity contribution in [2.45, 2.75) is 25.8 Å². The monoisotopic (exact) mass is 273 g/mol. The van der Waals surface area contributed by atoms with Crippen LogP contribution in [0.3, 0.4) is 0 Å². The quantitative estimate of drug-likeness (QED) is 0.877. The minimum Gasteiger partial charge on any atom is -0.383 e. The molecule has 5 heteroatoms. The highest BCUT2D eigenvalue weighted by molar-refractivity contribution is 5.72. The first-order valence-electron chi connectivity index (χ1n) is 6.93. The maximum Gasteiger partial charge on any atom is 0.260 e. The third kappa shape index (κ3) is 2.82. The Balaban J connectivity index is 1.85. The van der Waals surface area contributed by atoms with E-state index in [1.54, 1.807) is 7.11 Å². The lowest BCUT2D eigenvalue weighted by Crippen LogP contribution is -2.27. The van der Waals surface area contributed by atoms with Crippen molar-refractivity contribution in [1.29, 1.82) is 0 Å². The van der Waals surface area contributed by atoms with Crippen LogP contribution in [0.5, 0.6) is 0 Å². The van der Waals surface area contributed by atoms with E-state index in [4.69, 9.17) is 9.26 Å². The minimum absolute atomic E-state index is 0.338. The van der Waals surface area contributed by atoms with E-state index in [2.05, 4.69) is 15.5 Å². The lowest BCUT2D eigenvalue weighted by atomic mass is 10.1. The third-order valence-electron chi connectivity index (χ3n) is 3.56. The second kappa shape index (κ2) is 5.63. The summed E-state index contributed by atoms with van der Waals surface area (Å²) in [5.74, 6) is 1.90. The van der Waals surface area contributed by atoms with Crippen LogP contribution >= 0.6 is 0 Å². The topological polar surface area (TPSA) is 60.2 Å². The molecule has 0 aliphatic heterocycles. The van der Waals surface area contributed by atoms with E-state index in [9.17, 15) is 0 Å². The Labute approximate surface area is 118 Å². The summed E-state index contributed by atoms with van der Waals surface area (Å²) in [5, 5.41) is 7.42. The number of benzene rings is 1. The Morgan fingerprint density at radius 1 is 1.40 bits per heavy atom. The van der Waals surface area contributed by atoms with Crippen LogP contribution in [0.25, 0.3) is 11.5 Å². The highest BCUT2D eigenvalue weighted by atomic mass is 16.5. The number of hydrogen-bond donors (Lipinski definition) is 1. The first-order chi connectivity index (χ1) is 9.78. The molecular formula is C15H19N3O2. The number of aryl methyl sites for hydroxylation is 1. The maximum atomic E-state index is 5.31. The van der Waals surface area contributed by atoms with Gasteiger partial charge in [-0.3, -0.25) is 0 Å². The molecule has 106 valence electrons. The Hall–Kier alpha value is -1.88. The lowest BCUT2D eigenvalue weighted by molar-refractivity contribution is 0.179. The van der Waals surface area contributed by atoms with Crippen molar-refractivity contribution in [3.05, 3.63) is 30.1 Å². The Morgan fingerprint density at radius 3 is 2.85 bits per heavy atom. The van der Waals surface area contributed by atoms with Crippen LogP contribution in [0.1, 0.15) is 18.7 Å². The fraction of sp³-hybridized carbons (Fsp3) is 0.467. The van der Waals surface area contributed by atoms with E-state index in [1.807, 2.05) is 31.2 Å². The second-order valence-electron chi connectivity index (χ2n) is 5.24. The summed E-state index contributed by atoms with van der Waals surface area (Å²) in [6, 6.07) is 8.35. The molecule has 1 heterocycles. The molecule has 20 heavy (non-hydrogen) atoms. The molecule has 1 aromatic heterocycles. The standard InChI is InChI=1S/C15H19N3O2/c1-10-16-15(20-18-10)12-5-3-4-6-13(12)17-14(9-19-2)11-7-8-11/h3-6,11,14,17H,7-9H2,1-2H3. The van der Waals surface area contributed by atoms with Gasteiger partial charge in [0.2, 0.25) is 0 Å². The molecule has 1 saturated carbocycles. The molecule has 1 aromatic carbocycles. The maximum absolute atomic E-state index is 5.31. The average molecular weight is 273 g/mol. The predicted molar refractivity (Wildman–Crippen MR) is 76.5 cm³/mol. The fourth-order valence-electron chi connectivity index (χ4n) is 2.38. The number of nitrogens with zero attached hydrogens (tertiary/aromatic N) is 2. The Bertz CT molecular complexity index is 578. The van der Waals surface area contributed by atoms with Crippen molar-refractivity contribution in [2.75, 3.05) is 19.0 Å². The van der Waals surface area contributed by atoms with Gasteiger partial charge < -0.3 is 14.6 Å². The molecule has 3 rings (SSSR count). The van der Waals surface area contributed by atoms with E-state index in [0.717, 1.165) is 11.3 Å². The van der Waals surface area contributed by atoms with Crippen molar-refractivity contribution >= 4 is 5.69 Å². The summed E-state index contributed by atoms with van der Waals surface area (Å²) < 4.78 is 10.6. The van der Waals surface area contributed by atoms with Crippen molar-refractivity contribution in [2.24, 2.45) is 5.92 Å². The van der Waals surface area contributed by atoms with Gasteiger partial charge in [0.25, 0.3) is 5.89 Å². The van der Waals surface area contributed by atoms with Gasteiger partial charge in [0, 0.05) is 12.8 Å². The van der Waals surface area contributed by atoms with Crippen LogP contribution < -0.4 is 5.32 Å².